The van der Waals surface area contributed by atoms with Crippen molar-refractivity contribution in [3.8, 4) is 5.75 Å². The van der Waals surface area contributed by atoms with Crippen LogP contribution < -0.4 is 4.74 Å². The first-order valence-corrected chi connectivity index (χ1v) is 16.5. The molecule has 5 heteroatoms. The second-order valence-corrected chi connectivity index (χ2v) is 13.2. The summed E-state index contributed by atoms with van der Waals surface area (Å²) in [5.74, 6) is 0.755. The van der Waals surface area contributed by atoms with E-state index in [1.165, 1.54) is 31.2 Å². The lowest BCUT2D eigenvalue weighted by atomic mass is 9.68. The largest absolute Gasteiger partial charge is 0.494 e. The van der Waals surface area contributed by atoms with Gasteiger partial charge >= 0.3 is 5.97 Å². The van der Waals surface area contributed by atoms with Crippen LogP contribution in [0.3, 0.4) is 0 Å². The van der Waals surface area contributed by atoms with Crippen LogP contribution in [-0.4, -0.2) is 19.2 Å². The highest BCUT2D eigenvalue weighted by Gasteiger charge is 2.38. The molecule has 0 saturated carbocycles. The van der Waals surface area contributed by atoms with Gasteiger partial charge in [0.1, 0.15) is 5.75 Å². The molecule has 234 valence electrons. The molecule has 0 N–H and O–H groups in total. The van der Waals surface area contributed by atoms with E-state index in [-0.39, 0.29) is 22.7 Å². The van der Waals surface area contributed by atoms with Crippen LogP contribution in [0.5, 0.6) is 5.75 Å². The topological polar surface area (TPSA) is 60.3 Å². The molecule has 0 aliphatic heterocycles. The maximum absolute atomic E-state index is 13.0. The predicted molar refractivity (Wildman–Crippen MR) is 176 cm³/mol. The van der Waals surface area contributed by atoms with Gasteiger partial charge in [0.2, 0.25) is 0 Å². The second kappa shape index (κ2) is 18.8. The first kappa shape index (κ1) is 35.5. The Balaban J connectivity index is 1.64. The fourth-order valence-electron chi connectivity index (χ4n) is 4.85. The van der Waals surface area contributed by atoms with Gasteiger partial charge in [-0.1, -0.05) is 92.7 Å². The number of rotatable bonds is 21. The average Bonchev–Trinajstić information content (AvgIpc) is 2.99. The molecule has 0 spiro atoms. The first-order chi connectivity index (χ1) is 20.1. The average molecular weight is 579 g/mol. The highest BCUT2D eigenvalue weighted by atomic mass is 16.5. The van der Waals surface area contributed by atoms with Gasteiger partial charge in [-0.3, -0.25) is 4.79 Å². The number of aryl methyl sites for hydroxylation is 1. The summed E-state index contributed by atoms with van der Waals surface area (Å²) in [5, 5.41) is 8.75. The number of carbonyl (C=O) groups excluding carboxylic acids is 1. The van der Waals surface area contributed by atoms with Gasteiger partial charge < -0.3 is 9.47 Å². The summed E-state index contributed by atoms with van der Waals surface area (Å²) in [6, 6.07) is 16.2. The Morgan fingerprint density at radius 1 is 0.714 bits per heavy atom. The van der Waals surface area contributed by atoms with E-state index >= 15 is 0 Å². The Morgan fingerprint density at radius 2 is 1.29 bits per heavy atom. The van der Waals surface area contributed by atoms with E-state index in [1.54, 1.807) is 0 Å². The molecule has 2 rings (SSSR count). The van der Waals surface area contributed by atoms with Gasteiger partial charge in [-0.15, -0.1) is 0 Å². The van der Waals surface area contributed by atoms with E-state index in [0.29, 0.717) is 13.2 Å². The van der Waals surface area contributed by atoms with Gasteiger partial charge in [0.05, 0.1) is 30.5 Å². The Hall–Kier alpha value is -2.69. The highest BCUT2D eigenvalue weighted by molar-refractivity contribution is 5.73. The summed E-state index contributed by atoms with van der Waals surface area (Å²) >= 11 is 0. The predicted octanol–water partition coefficient (Wildman–Crippen LogP) is 11.6. The molecule has 1 atom stereocenters. The van der Waals surface area contributed by atoms with E-state index in [2.05, 4.69) is 70.8 Å². The SMILES string of the molecule is CCCCCCc1ccc(N=Nc2ccc(OCCCCCCOC(=O)C(CC(C)(C)CC)C(C)(C)CC)cc2)cc1. The summed E-state index contributed by atoms with van der Waals surface area (Å²) in [6.45, 7) is 16.7. The fourth-order valence-corrected chi connectivity index (χ4v) is 4.85. The number of nitrogens with zero attached hydrogens (tertiary/aromatic N) is 2. The van der Waals surface area contributed by atoms with Crippen LogP contribution in [0.15, 0.2) is 58.8 Å². The number of benzene rings is 2. The summed E-state index contributed by atoms with van der Waals surface area (Å²) < 4.78 is 11.7. The third kappa shape index (κ3) is 13.5. The van der Waals surface area contributed by atoms with Crippen molar-refractivity contribution in [3.63, 3.8) is 0 Å². The Kier molecular flexibility index (Phi) is 15.9. The molecule has 2 aromatic rings. The van der Waals surface area contributed by atoms with Crippen molar-refractivity contribution in [2.45, 2.75) is 126 Å². The quantitative estimate of drug-likeness (QED) is 0.0840. The second-order valence-electron chi connectivity index (χ2n) is 13.2. The maximum Gasteiger partial charge on any atom is 0.309 e. The summed E-state index contributed by atoms with van der Waals surface area (Å²) in [6.07, 6.45) is 13.1. The summed E-state index contributed by atoms with van der Waals surface area (Å²) in [4.78, 5) is 13.0. The van der Waals surface area contributed by atoms with Crippen LogP contribution in [0.4, 0.5) is 11.4 Å². The summed E-state index contributed by atoms with van der Waals surface area (Å²) in [5.41, 5.74) is 3.12. The van der Waals surface area contributed by atoms with Crippen molar-refractivity contribution in [2.75, 3.05) is 13.2 Å². The van der Waals surface area contributed by atoms with Crippen LogP contribution in [0.25, 0.3) is 0 Å². The standard InChI is InChI=1S/C37H58N2O3/c1-8-11-12-15-18-30-19-21-31(22-20-30)38-39-32-23-25-33(26-24-32)41-27-16-13-14-17-28-42-35(40)34(37(6,7)10-3)29-36(4,5)9-2/h19-26,34H,8-18,27-29H2,1-7H3. The van der Waals surface area contributed by atoms with Gasteiger partial charge in [-0.25, -0.2) is 0 Å². The number of hydrogen-bond donors (Lipinski definition) is 0. The van der Waals surface area contributed by atoms with Crippen LogP contribution in [-0.2, 0) is 16.0 Å². The number of ether oxygens (including phenoxy) is 2. The van der Waals surface area contributed by atoms with Crippen molar-refractivity contribution in [1.82, 2.24) is 0 Å². The molecule has 0 fully saturated rings. The lowest BCUT2D eigenvalue weighted by Gasteiger charge is -2.37. The van der Waals surface area contributed by atoms with E-state index < -0.39 is 0 Å². The van der Waals surface area contributed by atoms with E-state index in [4.69, 9.17) is 9.47 Å². The van der Waals surface area contributed by atoms with Gasteiger partial charge in [-0.05, 0) is 97.7 Å². The Labute approximate surface area is 256 Å². The molecule has 42 heavy (non-hydrogen) atoms. The number of esters is 1. The minimum Gasteiger partial charge on any atom is -0.494 e. The molecule has 0 amide bonds. The minimum absolute atomic E-state index is 0.0271. The van der Waals surface area contributed by atoms with Crippen molar-refractivity contribution in [2.24, 2.45) is 27.0 Å². The molecule has 0 aliphatic rings. The molecule has 0 saturated heterocycles. The molecular weight excluding hydrogens is 520 g/mol. The smallest absolute Gasteiger partial charge is 0.309 e. The van der Waals surface area contributed by atoms with Crippen LogP contribution in [0.2, 0.25) is 0 Å². The third-order valence-electron chi connectivity index (χ3n) is 8.78. The molecule has 0 radical (unpaired) electrons. The van der Waals surface area contributed by atoms with Crippen LogP contribution >= 0.6 is 0 Å². The highest BCUT2D eigenvalue weighted by Crippen LogP contribution is 2.40. The molecule has 1 unspecified atom stereocenters. The molecule has 0 bridgehead atoms. The third-order valence-corrected chi connectivity index (χ3v) is 8.78. The lowest BCUT2D eigenvalue weighted by molar-refractivity contribution is -0.154. The van der Waals surface area contributed by atoms with E-state index in [1.807, 2.05) is 36.4 Å². The number of unbranched alkanes of at least 4 members (excludes halogenated alkanes) is 6. The van der Waals surface area contributed by atoms with Crippen LogP contribution in [0, 0.1) is 16.7 Å². The Bertz CT molecular complexity index is 1040. The first-order valence-electron chi connectivity index (χ1n) is 16.5. The van der Waals surface area contributed by atoms with Crippen molar-refractivity contribution in [3.05, 3.63) is 54.1 Å². The van der Waals surface area contributed by atoms with Gasteiger partial charge in [-0.2, -0.15) is 10.2 Å². The van der Waals surface area contributed by atoms with E-state index in [9.17, 15) is 4.79 Å². The lowest BCUT2D eigenvalue weighted by Crippen LogP contribution is -2.35. The van der Waals surface area contributed by atoms with Gasteiger partial charge in [0.25, 0.3) is 0 Å². The maximum atomic E-state index is 13.0. The van der Waals surface area contributed by atoms with Gasteiger partial charge in [0, 0.05) is 0 Å². The molecule has 0 aliphatic carbocycles. The monoisotopic (exact) mass is 578 g/mol. The van der Waals surface area contributed by atoms with Crippen molar-refractivity contribution in [1.29, 1.82) is 0 Å². The summed E-state index contributed by atoms with van der Waals surface area (Å²) in [7, 11) is 0. The number of carbonyl (C=O) groups is 1. The molecule has 5 nitrogen and oxygen atoms in total. The zero-order chi connectivity index (χ0) is 30.8. The van der Waals surface area contributed by atoms with Crippen molar-refractivity contribution < 1.29 is 14.3 Å². The minimum atomic E-state index is -0.0600. The molecule has 0 aromatic heterocycles. The van der Waals surface area contributed by atoms with Crippen LogP contribution in [0.1, 0.15) is 125 Å². The van der Waals surface area contributed by atoms with Gasteiger partial charge in [0.15, 0.2) is 0 Å². The molecule has 0 heterocycles. The number of hydrogen-bond acceptors (Lipinski definition) is 5. The molecular formula is C37H58N2O3. The zero-order valence-electron chi connectivity index (χ0n) is 27.7. The fraction of sp³-hybridized carbons (Fsp3) is 0.649. The number of azo groups is 1. The van der Waals surface area contributed by atoms with Crippen molar-refractivity contribution >= 4 is 17.3 Å². The van der Waals surface area contributed by atoms with E-state index in [0.717, 1.165) is 68.5 Å². The molecule has 2 aromatic carbocycles. The normalized spacial score (nSPS) is 12.9. The Morgan fingerprint density at radius 3 is 1.86 bits per heavy atom. The zero-order valence-corrected chi connectivity index (χ0v) is 27.7.